The van der Waals surface area contributed by atoms with Crippen molar-refractivity contribution in [3.8, 4) is 0 Å². The van der Waals surface area contributed by atoms with E-state index in [2.05, 4.69) is 10.3 Å². The number of carbonyl (C=O) groups is 1. The molecular weight excluding hydrogens is 338 g/mol. The van der Waals surface area contributed by atoms with Crippen molar-refractivity contribution in [3.05, 3.63) is 66.2 Å². The maximum Gasteiger partial charge on any atom is 0.199 e. The summed E-state index contributed by atoms with van der Waals surface area (Å²) in [6, 6.07) is 19.0. The van der Waals surface area contributed by atoms with Gasteiger partial charge in [-0.1, -0.05) is 60.3 Å². The van der Waals surface area contributed by atoms with Crippen LogP contribution in [0.1, 0.15) is 10.4 Å². The van der Waals surface area contributed by atoms with Crippen molar-refractivity contribution < 1.29 is 4.79 Å². The topological polar surface area (TPSA) is 44.7 Å². The molecule has 0 aromatic heterocycles. The number of nitrogens with one attached hydrogen (secondary N) is 1. The van der Waals surface area contributed by atoms with Gasteiger partial charge >= 0.3 is 0 Å². The molecule has 0 unspecified atom stereocenters. The zero-order chi connectivity index (χ0) is 16.8. The standard InChI is InChI=1S/C18H17N3OS2/c22-16(14-7-3-1-4-8-14)13-21-11-12-24-18(21)20-17(23)19-15-9-5-2-6-10-15/h1-10H,11-13H2,(H,19,23)/b20-18-. The number of amidine groups is 1. The Hall–Kier alpha value is -2.18. The maximum absolute atomic E-state index is 12.4. The second-order valence-corrected chi connectivity index (χ2v) is 6.70. The molecule has 0 saturated carbocycles. The summed E-state index contributed by atoms with van der Waals surface area (Å²) < 4.78 is 0. The summed E-state index contributed by atoms with van der Waals surface area (Å²) in [5.74, 6) is 1.00. The molecular formula is C18H17N3OS2. The number of carbonyl (C=O) groups excluding carboxylic acids is 1. The first kappa shape index (κ1) is 16.7. The van der Waals surface area contributed by atoms with Gasteiger partial charge in [-0.3, -0.25) is 4.79 Å². The van der Waals surface area contributed by atoms with E-state index >= 15 is 0 Å². The number of aliphatic imine (C=N–C) groups is 1. The van der Waals surface area contributed by atoms with Gasteiger partial charge in [-0.25, -0.2) is 0 Å². The summed E-state index contributed by atoms with van der Waals surface area (Å²) in [5.41, 5.74) is 1.63. The minimum atomic E-state index is 0.0905. The van der Waals surface area contributed by atoms with Crippen molar-refractivity contribution in [1.29, 1.82) is 0 Å². The number of ketones is 1. The molecule has 3 rings (SSSR count). The van der Waals surface area contributed by atoms with Crippen molar-refractivity contribution >= 4 is 45.7 Å². The van der Waals surface area contributed by atoms with Gasteiger partial charge in [0.2, 0.25) is 0 Å². The van der Waals surface area contributed by atoms with Crippen molar-refractivity contribution in [3.63, 3.8) is 0 Å². The third-order valence-electron chi connectivity index (χ3n) is 3.52. The highest BCUT2D eigenvalue weighted by atomic mass is 32.2. The van der Waals surface area contributed by atoms with Crippen molar-refractivity contribution in [1.82, 2.24) is 4.90 Å². The van der Waals surface area contributed by atoms with Gasteiger partial charge in [-0.05, 0) is 24.4 Å². The normalized spacial score (nSPS) is 15.5. The molecule has 1 heterocycles. The Labute approximate surface area is 151 Å². The fraction of sp³-hybridized carbons (Fsp3) is 0.167. The zero-order valence-corrected chi connectivity index (χ0v) is 14.6. The van der Waals surface area contributed by atoms with Crippen LogP contribution >= 0.6 is 24.0 Å². The van der Waals surface area contributed by atoms with Gasteiger partial charge in [0.25, 0.3) is 0 Å². The molecule has 0 atom stereocenters. The summed E-state index contributed by atoms with van der Waals surface area (Å²) in [5, 5.41) is 4.30. The van der Waals surface area contributed by atoms with E-state index in [-0.39, 0.29) is 5.78 Å². The van der Waals surface area contributed by atoms with Crippen molar-refractivity contribution in [2.45, 2.75) is 0 Å². The van der Waals surface area contributed by atoms with E-state index in [0.29, 0.717) is 11.7 Å². The predicted molar refractivity (Wildman–Crippen MR) is 105 cm³/mol. The number of Topliss-reactive ketones (excluding diaryl/α,β-unsaturated/α-hetero) is 1. The van der Waals surface area contributed by atoms with Gasteiger partial charge in [0.05, 0.1) is 6.54 Å². The van der Waals surface area contributed by atoms with Crippen molar-refractivity contribution in [2.75, 3.05) is 24.2 Å². The number of hydrogen-bond acceptors (Lipinski definition) is 3. The maximum atomic E-state index is 12.4. The molecule has 0 radical (unpaired) electrons. The summed E-state index contributed by atoms with van der Waals surface area (Å²) in [4.78, 5) is 18.8. The van der Waals surface area contributed by atoms with Crippen LogP contribution < -0.4 is 5.32 Å². The van der Waals surface area contributed by atoms with Gasteiger partial charge in [-0.2, -0.15) is 4.99 Å². The Bertz CT molecular complexity index is 747. The average molecular weight is 355 g/mol. The number of hydrogen-bond donors (Lipinski definition) is 1. The molecule has 1 aliphatic heterocycles. The minimum Gasteiger partial charge on any atom is -0.343 e. The third kappa shape index (κ3) is 4.43. The highest BCUT2D eigenvalue weighted by molar-refractivity contribution is 8.14. The lowest BCUT2D eigenvalue weighted by Gasteiger charge is -2.17. The largest absolute Gasteiger partial charge is 0.343 e. The number of rotatable bonds is 4. The Kier molecular flexibility index (Phi) is 5.61. The monoisotopic (exact) mass is 355 g/mol. The van der Waals surface area contributed by atoms with E-state index in [1.54, 1.807) is 11.8 Å². The van der Waals surface area contributed by atoms with Gasteiger partial charge in [0, 0.05) is 23.5 Å². The molecule has 1 N–H and O–H groups in total. The number of thioether (sulfide) groups is 1. The quantitative estimate of drug-likeness (QED) is 0.670. The summed E-state index contributed by atoms with van der Waals surface area (Å²) in [6.07, 6.45) is 0. The highest BCUT2D eigenvalue weighted by Gasteiger charge is 2.22. The lowest BCUT2D eigenvalue weighted by atomic mass is 10.1. The molecule has 1 fully saturated rings. The van der Waals surface area contributed by atoms with E-state index in [9.17, 15) is 4.79 Å². The van der Waals surface area contributed by atoms with Crippen LogP contribution in [0.2, 0.25) is 0 Å². The fourth-order valence-electron chi connectivity index (χ4n) is 2.33. The van der Waals surface area contributed by atoms with Crippen LogP contribution in [-0.4, -0.2) is 39.8 Å². The second kappa shape index (κ2) is 8.08. The molecule has 0 spiro atoms. The zero-order valence-electron chi connectivity index (χ0n) is 13.0. The van der Waals surface area contributed by atoms with E-state index in [0.717, 1.165) is 28.7 Å². The number of nitrogens with zero attached hydrogens (tertiary/aromatic N) is 2. The van der Waals surface area contributed by atoms with Crippen LogP contribution in [0.5, 0.6) is 0 Å². The Morgan fingerprint density at radius 2 is 1.79 bits per heavy atom. The number of thiocarbonyl (C=S) groups is 1. The molecule has 24 heavy (non-hydrogen) atoms. The molecule has 1 aliphatic rings. The van der Waals surface area contributed by atoms with E-state index in [4.69, 9.17) is 12.2 Å². The molecule has 2 aromatic rings. The average Bonchev–Trinajstić information content (AvgIpc) is 3.03. The van der Waals surface area contributed by atoms with Gasteiger partial charge in [-0.15, -0.1) is 0 Å². The molecule has 0 aliphatic carbocycles. The molecule has 1 saturated heterocycles. The van der Waals surface area contributed by atoms with Crippen LogP contribution in [-0.2, 0) is 0 Å². The minimum absolute atomic E-state index is 0.0905. The van der Waals surface area contributed by atoms with Crippen LogP contribution in [0.15, 0.2) is 65.7 Å². The van der Waals surface area contributed by atoms with E-state index in [1.165, 1.54) is 0 Å². The third-order valence-corrected chi connectivity index (χ3v) is 4.70. The smallest absolute Gasteiger partial charge is 0.199 e. The first-order chi connectivity index (χ1) is 11.7. The molecule has 6 heteroatoms. The summed E-state index contributed by atoms with van der Waals surface area (Å²) in [7, 11) is 0. The number of benzene rings is 2. The van der Waals surface area contributed by atoms with Crippen LogP contribution in [0.3, 0.4) is 0 Å². The first-order valence-electron chi connectivity index (χ1n) is 7.63. The highest BCUT2D eigenvalue weighted by Crippen LogP contribution is 2.19. The molecule has 0 bridgehead atoms. The molecule has 0 amide bonds. The molecule has 4 nitrogen and oxygen atoms in total. The summed E-state index contributed by atoms with van der Waals surface area (Å²) in [6.45, 7) is 1.12. The Balaban J connectivity index is 1.64. The first-order valence-corrected chi connectivity index (χ1v) is 9.02. The Morgan fingerprint density at radius 1 is 1.12 bits per heavy atom. The lowest BCUT2D eigenvalue weighted by Crippen LogP contribution is -2.31. The lowest BCUT2D eigenvalue weighted by molar-refractivity contribution is 0.0967. The van der Waals surface area contributed by atoms with Crippen LogP contribution in [0.4, 0.5) is 5.69 Å². The van der Waals surface area contributed by atoms with Crippen LogP contribution in [0.25, 0.3) is 0 Å². The van der Waals surface area contributed by atoms with Gasteiger partial charge < -0.3 is 10.2 Å². The number of para-hydroxylation sites is 1. The second-order valence-electron chi connectivity index (χ2n) is 5.25. The van der Waals surface area contributed by atoms with E-state index < -0.39 is 0 Å². The summed E-state index contributed by atoms with van der Waals surface area (Å²) >= 11 is 6.93. The molecule has 122 valence electrons. The SMILES string of the molecule is O=C(CN1CCS/C1=N\C(=S)Nc1ccccc1)c1ccccc1. The van der Waals surface area contributed by atoms with Gasteiger partial charge in [0.15, 0.2) is 16.1 Å². The van der Waals surface area contributed by atoms with Crippen molar-refractivity contribution in [2.24, 2.45) is 4.99 Å². The van der Waals surface area contributed by atoms with Crippen LogP contribution in [0, 0.1) is 0 Å². The van der Waals surface area contributed by atoms with Gasteiger partial charge in [0.1, 0.15) is 0 Å². The number of anilines is 1. The predicted octanol–water partition coefficient (Wildman–Crippen LogP) is 3.67. The fourth-order valence-corrected chi connectivity index (χ4v) is 3.58. The molecule has 2 aromatic carbocycles. The Morgan fingerprint density at radius 3 is 2.50 bits per heavy atom. The van der Waals surface area contributed by atoms with E-state index in [1.807, 2.05) is 65.6 Å².